The molecule has 2 rings (SSSR count). The predicted octanol–water partition coefficient (Wildman–Crippen LogP) is 4.21. The highest BCUT2D eigenvalue weighted by Crippen LogP contribution is 2.19. The van der Waals surface area contributed by atoms with Crippen molar-refractivity contribution in [3.8, 4) is 0 Å². The van der Waals surface area contributed by atoms with Crippen LogP contribution in [0.3, 0.4) is 0 Å². The number of carboxylic acid groups (broad SMARTS) is 1. The lowest BCUT2D eigenvalue weighted by Gasteiger charge is -2.09. The third-order valence-corrected chi connectivity index (χ3v) is 3.78. The van der Waals surface area contributed by atoms with E-state index in [0.29, 0.717) is 12.2 Å². The largest absolute Gasteiger partial charge is 0.478 e. The van der Waals surface area contributed by atoms with Crippen LogP contribution >= 0.6 is 15.9 Å². The van der Waals surface area contributed by atoms with E-state index >= 15 is 0 Å². The average molecular weight is 338 g/mol. The Balaban J connectivity index is 2.12. The number of aromatic carboxylic acids is 1. The third kappa shape index (κ3) is 3.36. The normalized spacial score (nSPS) is 10.3. The summed E-state index contributed by atoms with van der Waals surface area (Å²) in [5, 5.41) is 11.9. The number of nitrogens with one attached hydrogen (secondary N) is 1. The van der Waals surface area contributed by atoms with E-state index in [-0.39, 0.29) is 5.56 Å². The molecule has 0 aliphatic rings. The molecule has 0 aliphatic heterocycles. The van der Waals surface area contributed by atoms with Crippen molar-refractivity contribution >= 4 is 27.6 Å². The SMILES string of the molecule is Cc1ccc(CNc2ccc(F)c(C(=O)O)c2)cc1Br. The summed E-state index contributed by atoms with van der Waals surface area (Å²) < 4.78 is 14.3. The zero-order chi connectivity index (χ0) is 14.7. The first kappa shape index (κ1) is 14.5. The van der Waals surface area contributed by atoms with Crippen LogP contribution in [-0.2, 0) is 6.54 Å². The molecule has 0 spiro atoms. The van der Waals surface area contributed by atoms with Crippen LogP contribution < -0.4 is 5.32 Å². The maximum Gasteiger partial charge on any atom is 0.338 e. The quantitative estimate of drug-likeness (QED) is 0.878. The molecule has 0 aromatic heterocycles. The van der Waals surface area contributed by atoms with Crippen molar-refractivity contribution in [2.24, 2.45) is 0 Å². The van der Waals surface area contributed by atoms with E-state index in [2.05, 4.69) is 21.2 Å². The van der Waals surface area contributed by atoms with Crippen molar-refractivity contribution in [2.45, 2.75) is 13.5 Å². The van der Waals surface area contributed by atoms with Crippen LogP contribution in [0.2, 0.25) is 0 Å². The van der Waals surface area contributed by atoms with Crippen molar-refractivity contribution in [3.05, 3.63) is 63.4 Å². The second kappa shape index (κ2) is 6.05. The average Bonchev–Trinajstić information content (AvgIpc) is 2.41. The van der Waals surface area contributed by atoms with Gasteiger partial charge in [-0.1, -0.05) is 28.1 Å². The highest BCUT2D eigenvalue weighted by atomic mass is 79.9. The number of aryl methyl sites for hydroxylation is 1. The fourth-order valence-corrected chi connectivity index (χ4v) is 2.18. The fourth-order valence-electron chi connectivity index (χ4n) is 1.75. The molecule has 0 heterocycles. The van der Waals surface area contributed by atoms with Crippen molar-refractivity contribution in [1.29, 1.82) is 0 Å². The molecule has 0 aliphatic carbocycles. The van der Waals surface area contributed by atoms with Gasteiger partial charge in [0.05, 0.1) is 5.56 Å². The monoisotopic (exact) mass is 337 g/mol. The number of rotatable bonds is 4. The number of carboxylic acids is 1. The highest BCUT2D eigenvalue weighted by Gasteiger charge is 2.10. The molecule has 0 amide bonds. The zero-order valence-corrected chi connectivity index (χ0v) is 12.4. The van der Waals surface area contributed by atoms with Gasteiger partial charge in [-0.05, 0) is 42.3 Å². The van der Waals surface area contributed by atoms with E-state index in [1.54, 1.807) is 0 Å². The van der Waals surface area contributed by atoms with Crippen molar-refractivity contribution < 1.29 is 14.3 Å². The van der Waals surface area contributed by atoms with E-state index < -0.39 is 11.8 Å². The van der Waals surface area contributed by atoms with Crippen LogP contribution in [0.5, 0.6) is 0 Å². The number of halogens is 2. The molecule has 20 heavy (non-hydrogen) atoms. The van der Waals surface area contributed by atoms with Crippen molar-refractivity contribution in [3.63, 3.8) is 0 Å². The Kier molecular flexibility index (Phi) is 4.39. The van der Waals surface area contributed by atoms with Crippen molar-refractivity contribution in [1.82, 2.24) is 0 Å². The Hall–Kier alpha value is -1.88. The minimum atomic E-state index is -1.27. The smallest absolute Gasteiger partial charge is 0.338 e. The second-order valence-corrected chi connectivity index (χ2v) is 5.29. The van der Waals surface area contributed by atoms with E-state index in [4.69, 9.17) is 5.11 Å². The Morgan fingerprint density at radius 1 is 1.30 bits per heavy atom. The molecule has 0 bridgehead atoms. The van der Waals surface area contributed by atoms with Gasteiger partial charge in [-0.3, -0.25) is 0 Å². The number of anilines is 1. The van der Waals surface area contributed by atoms with Gasteiger partial charge in [0.1, 0.15) is 5.82 Å². The molecule has 0 saturated heterocycles. The standard InChI is InChI=1S/C15H13BrFNO2/c1-9-2-3-10(6-13(9)16)8-18-11-4-5-14(17)12(7-11)15(19)20/h2-7,18H,8H2,1H3,(H,19,20). The van der Waals surface area contributed by atoms with Crippen LogP contribution in [-0.4, -0.2) is 11.1 Å². The molecule has 104 valence electrons. The van der Waals surface area contributed by atoms with Gasteiger partial charge in [-0.25, -0.2) is 9.18 Å². The second-order valence-electron chi connectivity index (χ2n) is 4.44. The fraction of sp³-hybridized carbons (Fsp3) is 0.133. The van der Waals surface area contributed by atoms with Crippen LogP contribution in [0.1, 0.15) is 21.5 Å². The van der Waals surface area contributed by atoms with E-state index in [0.717, 1.165) is 21.7 Å². The lowest BCUT2D eigenvalue weighted by atomic mass is 10.1. The number of hydrogen-bond donors (Lipinski definition) is 2. The summed E-state index contributed by atoms with van der Waals surface area (Å²) in [5.41, 5.74) is 2.42. The minimum absolute atomic E-state index is 0.333. The van der Waals surface area contributed by atoms with Gasteiger partial charge in [0.25, 0.3) is 0 Å². The summed E-state index contributed by atoms with van der Waals surface area (Å²) in [5.74, 6) is -2.01. The van der Waals surface area contributed by atoms with Crippen LogP contribution in [0.4, 0.5) is 10.1 Å². The lowest BCUT2D eigenvalue weighted by molar-refractivity contribution is 0.0692. The topological polar surface area (TPSA) is 49.3 Å². The van der Waals surface area contributed by atoms with E-state index in [9.17, 15) is 9.18 Å². The first-order valence-electron chi connectivity index (χ1n) is 5.99. The molecular formula is C15H13BrFNO2. The van der Waals surface area contributed by atoms with E-state index in [1.807, 2.05) is 25.1 Å². The van der Waals surface area contributed by atoms with Gasteiger partial charge in [0.2, 0.25) is 0 Å². The molecule has 3 nitrogen and oxygen atoms in total. The maximum atomic E-state index is 13.3. The lowest BCUT2D eigenvalue weighted by Crippen LogP contribution is -2.04. The van der Waals surface area contributed by atoms with Gasteiger partial charge in [-0.15, -0.1) is 0 Å². The van der Waals surface area contributed by atoms with Gasteiger partial charge >= 0.3 is 5.97 Å². The van der Waals surface area contributed by atoms with Gasteiger partial charge in [0, 0.05) is 16.7 Å². The third-order valence-electron chi connectivity index (χ3n) is 2.93. The maximum absolute atomic E-state index is 13.3. The number of benzene rings is 2. The summed E-state index contributed by atoms with van der Waals surface area (Å²) >= 11 is 3.46. The van der Waals surface area contributed by atoms with Gasteiger partial charge in [-0.2, -0.15) is 0 Å². The first-order valence-corrected chi connectivity index (χ1v) is 6.78. The van der Waals surface area contributed by atoms with Crippen LogP contribution in [0, 0.1) is 12.7 Å². The highest BCUT2D eigenvalue weighted by molar-refractivity contribution is 9.10. The molecule has 5 heteroatoms. The molecule has 0 atom stereocenters. The minimum Gasteiger partial charge on any atom is -0.478 e. The Morgan fingerprint density at radius 2 is 2.05 bits per heavy atom. The predicted molar refractivity (Wildman–Crippen MR) is 79.6 cm³/mol. The van der Waals surface area contributed by atoms with Crippen LogP contribution in [0.15, 0.2) is 40.9 Å². The first-order chi connectivity index (χ1) is 9.47. The summed E-state index contributed by atoms with van der Waals surface area (Å²) in [6, 6.07) is 9.93. The van der Waals surface area contributed by atoms with Crippen LogP contribution in [0.25, 0.3) is 0 Å². The molecule has 0 radical (unpaired) electrons. The van der Waals surface area contributed by atoms with E-state index in [1.165, 1.54) is 12.1 Å². The van der Waals surface area contributed by atoms with Gasteiger partial charge < -0.3 is 10.4 Å². The number of hydrogen-bond acceptors (Lipinski definition) is 2. The molecule has 2 aromatic carbocycles. The molecule has 2 aromatic rings. The molecule has 2 N–H and O–H groups in total. The van der Waals surface area contributed by atoms with Gasteiger partial charge in [0.15, 0.2) is 0 Å². The Bertz CT molecular complexity index is 658. The number of carbonyl (C=O) groups is 1. The molecule has 0 saturated carbocycles. The molecular weight excluding hydrogens is 325 g/mol. The summed E-state index contributed by atoms with van der Waals surface area (Å²) in [6.45, 7) is 2.53. The van der Waals surface area contributed by atoms with Crippen molar-refractivity contribution in [2.75, 3.05) is 5.32 Å². The molecule has 0 unspecified atom stereocenters. The zero-order valence-electron chi connectivity index (χ0n) is 10.8. The Labute approximate surface area is 124 Å². The summed E-state index contributed by atoms with van der Waals surface area (Å²) in [6.07, 6.45) is 0. The Morgan fingerprint density at radius 3 is 2.70 bits per heavy atom. The molecule has 0 fully saturated rings. The summed E-state index contributed by atoms with van der Waals surface area (Å²) in [7, 11) is 0. The summed E-state index contributed by atoms with van der Waals surface area (Å²) in [4.78, 5) is 10.9.